The number of nitrogens with zero attached hydrogens (tertiary/aromatic N) is 1. The highest BCUT2D eigenvalue weighted by molar-refractivity contribution is 7.89. The van der Waals surface area contributed by atoms with E-state index in [1.54, 1.807) is 45.5 Å². The molecule has 2 aromatic carbocycles. The topological polar surface area (TPSA) is 101 Å². The molecule has 0 bridgehead atoms. The van der Waals surface area contributed by atoms with Gasteiger partial charge in [-0.2, -0.15) is 0 Å². The maximum atomic E-state index is 12.3. The molecule has 0 spiro atoms. The van der Waals surface area contributed by atoms with Crippen molar-refractivity contribution in [3.8, 4) is 11.5 Å². The second kappa shape index (κ2) is 10.2. The van der Waals surface area contributed by atoms with Gasteiger partial charge < -0.3 is 20.1 Å². The fourth-order valence-electron chi connectivity index (χ4n) is 2.31. The van der Waals surface area contributed by atoms with Crippen LogP contribution in [0.4, 0.5) is 5.69 Å². The standard InChI is InChI=1S/C18H23ClN4O4S/c1-20-18(23-14-7-8-16(26-2)17(12-14)27-3)21-9-10-22-28(24,25)15-6-4-5-13(19)11-15/h4-8,11-12,22H,9-10H2,1-3H3,(H2,20,21,23). The first-order chi connectivity index (χ1) is 13.4. The largest absolute Gasteiger partial charge is 0.493 e. The molecule has 0 aliphatic carbocycles. The molecule has 0 unspecified atom stereocenters. The Kier molecular flexibility index (Phi) is 7.91. The quantitative estimate of drug-likeness (QED) is 0.340. The van der Waals surface area contributed by atoms with Crippen LogP contribution in [0.5, 0.6) is 11.5 Å². The lowest BCUT2D eigenvalue weighted by Gasteiger charge is -2.14. The summed E-state index contributed by atoms with van der Waals surface area (Å²) < 4.78 is 37.5. The third-order valence-corrected chi connectivity index (χ3v) is 5.38. The van der Waals surface area contributed by atoms with Crippen molar-refractivity contribution < 1.29 is 17.9 Å². The van der Waals surface area contributed by atoms with Gasteiger partial charge in [0.15, 0.2) is 17.5 Å². The van der Waals surface area contributed by atoms with Gasteiger partial charge in [0.05, 0.1) is 19.1 Å². The Balaban J connectivity index is 1.89. The number of ether oxygens (including phenoxy) is 2. The SMILES string of the molecule is CN=C(NCCNS(=O)(=O)c1cccc(Cl)c1)Nc1ccc(OC)c(OC)c1. The molecule has 0 atom stereocenters. The lowest BCUT2D eigenvalue weighted by molar-refractivity contribution is 0.355. The highest BCUT2D eigenvalue weighted by Crippen LogP contribution is 2.29. The van der Waals surface area contributed by atoms with Gasteiger partial charge in [-0.1, -0.05) is 17.7 Å². The van der Waals surface area contributed by atoms with E-state index in [1.807, 2.05) is 6.07 Å². The van der Waals surface area contributed by atoms with Gasteiger partial charge in [0.25, 0.3) is 0 Å². The Bertz CT molecular complexity index is 935. The summed E-state index contributed by atoms with van der Waals surface area (Å²) >= 11 is 5.84. The Morgan fingerprint density at radius 3 is 2.46 bits per heavy atom. The average molecular weight is 427 g/mol. The van der Waals surface area contributed by atoms with Crippen LogP contribution in [-0.4, -0.2) is 48.7 Å². The molecule has 0 saturated carbocycles. The predicted octanol–water partition coefficient (Wildman–Crippen LogP) is 2.32. The zero-order valence-corrected chi connectivity index (χ0v) is 17.4. The first-order valence-electron chi connectivity index (χ1n) is 8.34. The van der Waals surface area contributed by atoms with E-state index in [0.29, 0.717) is 29.0 Å². The van der Waals surface area contributed by atoms with Gasteiger partial charge in [0, 0.05) is 36.9 Å². The van der Waals surface area contributed by atoms with Gasteiger partial charge in [-0.15, -0.1) is 0 Å². The molecule has 0 amide bonds. The lowest BCUT2D eigenvalue weighted by atomic mass is 10.3. The maximum Gasteiger partial charge on any atom is 0.240 e. The normalized spacial score (nSPS) is 11.8. The molecular weight excluding hydrogens is 404 g/mol. The van der Waals surface area contributed by atoms with Crippen LogP contribution in [0.15, 0.2) is 52.4 Å². The van der Waals surface area contributed by atoms with Crippen molar-refractivity contribution in [2.24, 2.45) is 4.99 Å². The molecule has 2 rings (SSSR count). The Labute approximate surface area is 170 Å². The van der Waals surface area contributed by atoms with Crippen molar-refractivity contribution in [3.05, 3.63) is 47.5 Å². The van der Waals surface area contributed by atoms with E-state index < -0.39 is 10.0 Å². The Morgan fingerprint density at radius 1 is 1.07 bits per heavy atom. The molecule has 0 saturated heterocycles. The third kappa shape index (κ3) is 6.01. The van der Waals surface area contributed by atoms with E-state index in [2.05, 4.69) is 20.3 Å². The smallest absolute Gasteiger partial charge is 0.240 e. The molecule has 0 heterocycles. The van der Waals surface area contributed by atoms with Crippen LogP contribution in [0.2, 0.25) is 5.02 Å². The van der Waals surface area contributed by atoms with E-state index >= 15 is 0 Å². The summed E-state index contributed by atoms with van der Waals surface area (Å²) in [5, 5.41) is 6.49. The van der Waals surface area contributed by atoms with Gasteiger partial charge in [-0.3, -0.25) is 4.99 Å². The lowest BCUT2D eigenvalue weighted by Crippen LogP contribution is -2.37. The third-order valence-electron chi connectivity index (χ3n) is 3.69. The first-order valence-corrected chi connectivity index (χ1v) is 10.2. The number of rotatable bonds is 8. The van der Waals surface area contributed by atoms with Gasteiger partial charge in [0.1, 0.15) is 0 Å². The summed E-state index contributed by atoms with van der Waals surface area (Å²) in [5.41, 5.74) is 0.741. The van der Waals surface area contributed by atoms with E-state index in [-0.39, 0.29) is 11.4 Å². The predicted molar refractivity (Wildman–Crippen MR) is 111 cm³/mol. The fourth-order valence-corrected chi connectivity index (χ4v) is 3.65. The molecule has 28 heavy (non-hydrogen) atoms. The number of nitrogens with one attached hydrogen (secondary N) is 3. The first kappa shape index (κ1) is 21.8. The van der Waals surface area contributed by atoms with Crippen molar-refractivity contribution in [2.75, 3.05) is 39.7 Å². The fraction of sp³-hybridized carbons (Fsp3) is 0.278. The van der Waals surface area contributed by atoms with E-state index in [9.17, 15) is 8.42 Å². The minimum Gasteiger partial charge on any atom is -0.493 e. The van der Waals surface area contributed by atoms with E-state index in [1.165, 1.54) is 12.1 Å². The van der Waals surface area contributed by atoms with Crippen LogP contribution in [0.3, 0.4) is 0 Å². The van der Waals surface area contributed by atoms with Crippen LogP contribution in [0.25, 0.3) is 0 Å². The summed E-state index contributed by atoms with van der Waals surface area (Å²) in [7, 11) is 1.11. The highest BCUT2D eigenvalue weighted by atomic mass is 35.5. The minimum atomic E-state index is -3.63. The van der Waals surface area contributed by atoms with Crippen molar-refractivity contribution in [1.82, 2.24) is 10.0 Å². The molecule has 8 nitrogen and oxygen atoms in total. The van der Waals surface area contributed by atoms with Crippen molar-refractivity contribution in [2.45, 2.75) is 4.90 Å². The van der Waals surface area contributed by atoms with Crippen molar-refractivity contribution in [1.29, 1.82) is 0 Å². The Morgan fingerprint density at radius 2 is 1.82 bits per heavy atom. The van der Waals surface area contributed by atoms with Crippen LogP contribution in [-0.2, 0) is 10.0 Å². The molecule has 2 aromatic rings. The monoisotopic (exact) mass is 426 g/mol. The Hall–Kier alpha value is -2.49. The number of sulfonamides is 1. The molecule has 152 valence electrons. The van der Waals surface area contributed by atoms with E-state index in [4.69, 9.17) is 21.1 Å². The molecule has 3 N–H and O–H groups in total. The van der Waals surface area contributed by atoms with Gasteiger partial charge in [-0.05, 0) is 30.3 Å². The van der Waals surface area contributed by atoms with Crippen LogP contribution in [0, 0.1) is 0 Å². The van der Waals surface area contributed by atoms with Gasteiger partial charge in [0.2, 0.25) is 10.0 Å². The average Bonchev–Trinajstić information content (AvgIpc) is 2.70. The second-order valence-corrected chi connectivity index (χ2v) is 7.75. The van der Waals surface area contributed by atoms with Gasteiger partial charge in [-0.25, -0.2) is 13.1 Å². The van der Waals surface area contributed by atoms with Crippen LogP contribution >= 0.6 is 11.6 Å². The van der Waals surface area contributed by atoms with Gasteiger partial charge >= 0.3 is 0 Å². The number of aliphatic imine (C=N–C) groups is 1. The molecule has 0 aliphatic heterocycles. The molecule has 0 aliphatic rings. The summed E-state index contributed by atoms with van der Waals surface area (Å²) in [6, 6.07) is 11.4. The summed E-state index contributed by atoms with van der Waals surface area (Å²) in [6.45, 7) is 0.494. The van der Waals surface area contributed by atoms with Crippen molar-refractivity contribution in [3.63, 3.8) is 0 Å². The number of anilines is 1. The highest BCUT2D eigenvalue weighted by Gasteiger charge is 2.13. The van der Waals surface area contributed by atoms with Crippen molar-refractivity contribution >= 4 is 33.3 Å². The second-order valence-electron chi connectivity index (χ2n) is 5.55. The molecule has 0 fully saturated rings. The number of halogens is 1. The number of guanidine groups is 1. The number of benzene rings is 2. The zero-order chi connectivity index (χ0) is 20.6. The summed E-state index contributed by atoms with van der Waals surface area (Å²) in [5.74, 6) is 1.68. The van der Waals surface area contributed by atoms with Crippen LogP contribution in [0.1, 0.15) is 0 Å². The van der Waals surface area contributed by atoms with Crippen LogP contribution < -0.4 is 24.8 Å². The zero-order valence-electron chi connectivity index (χ0n) is 15.8. The summed E-state index contributed by atoms with van der Waals surface area (Å²) in [4.78, 5) is 4.23. The minimum absolute atomic E-state index is 0.118. The summed E-state index contributed by atoms with van der Waals surface area (Å²) in [6.07, 6.45) is 0. The number of hydrogen-bond acceptors (Lipinski definition) is 5. The number of hydrogen-bond donors (Lipinski definition) is 3. The number of methoxy groups -OCH3 is 2. The molecule has 0 radical (unpaired) electrons. The molecular formula is C18H23ClN4O4S. The van der Waals surface area contributed by atoms with E-state index in [0.717, 1.165) is 5.69 Å². The molecule has 0 aromatic heterocycles. The molecule has 10 heteroatoms. The maximum absolute atomic E-state index is 12.3.